The first-order valence-electron chi connectivity index (χ1n) is 5.54. The highest BCUT2D eigenvalue weighted by Crippen LogP contribution is 2.24. The molecule has 0 atom stereocenters. The summed E-state index contributed by atoms with van der Waals surface area (Å²) in [5.41, 5.74) is 1.43. The normalized spacial score (nSPS) is 9.39. The van der Waals surface area contributed by atoms with Crippen molar-refractivity contribution in [3.8, 4) is 11.8 Å². The topological polar surface area (TPSA) is 59.3 Å². The fraction of sp³-hybridized carbons (Fsp3) is 0.286. The third-order valence-corrected chi connectivity index (χ3v) is 2.43. The van der Waals surface area contributed by atoms with Crippen LogP contribution in [0.2, 0.25) is 0 Å². The van der Waals surface area contributed by atoms with Crippen LogP contribution in [0.15, 0.2) is 30.4 Å². The molecule has 1 aromatic carbocycles. The summed E-state index contributed by atoms with van der Waals surface area (Å²) in [6, 6.07) is 7.23. The van der Waals surface area contributed by atoms with Gasteiger partial charge >= 0.3 is 5.97 Å². The average Bonchev–Trinajstić information content (AvgIpc) is 2.39. The summed E-state index contributed by atoms with van der Waals surface area (Å²) in [6.07, 6.45) is 0.242. The van der Waals surface area contributed by atoms with Crippen LogP contribution < -0.4 is 4.74 Å². The van der Waals surface area contributed by atoms with Crippen molar-refractivity contribution in [1.29, 1.82) is 5.26 Å². The quantitative estimate of drug-likeness (QED) is 0.589. The van der Waals surface area contributed by atoms with E-state index in [1.165, 1.54) is 7.11 Å². The maximum absolute atomic E-state index is 11.5. The van der Waals surface area contributed by atoms with Crippen LogP contribution in [0.5, 0.6) is 5.75 Å². The molecule has 0 saturated carbocycles. The Morgan fingerprint density at radius 3 is 2.78 bits per heavy atom. The van der Waals surface area contributed by atoms with E-state index in [0.29, 0.717) is 29.1 Å². The Kier molecular flexibility index (Phi) is 4.94. The standard InChI is InChI=1S/C14H15NO3/c1-4-18-14(16)10(2)8-12-11(9-15)6-5-7-13(12)17-3/h5-7H,2,4,8H2,1,3H3. The first-order valence-corrected chi connectivity index (χ1v) is 5.54. The molecule has 0 amide bonds. The highest BCUT2D eigenvalue weighted by molar-refractivity contribution is 5.88. The summed E-state index contributed by atoms with van der Waals surface area (Å²) in [5, 5.41) is 9.04. The van der Waals surface area contributed by atoms with Gasteiger partial charge in [-0.1, -0.05) is 12.6 Å². The van der Waals surface area contributed by atoms with Crippen molar-refractivity contribution in [3.63, 3.8) is 0 Å². The van der Waals surface area contributed by atoms with Crippen LogP contribution in [0.1, 0.15) is 18.1 Å². The molecule has 0 unspecified atom stereocenters. The molecule has 0 heterocycles. The molecule has 4 nitrogen and oxygen atoms in total. The van der Waals surface area contributed by atoms with Crippen molar-refractivity contribution in [2.75, 3.05) is 13.7 Å². The zero-order valence-electron chi connectivity index (χ0n) is 10.5. The number of benzene rings is 1. The molecule has 0 radical (unpaired) electrons. The number of ether oxygens (including phenoxy) is 2. The number of rotatable bonds is 5. The zero-order chi connectivity index (χ0) is 13.5. The van der Waals surface area contributed by atoms with Crippen LogP contribution >= 0.6 is 0 Å². The first kappa shape index (κ1) is 13.8. The Balaban J connectivity index is 3.00. The maximum atomic E-state index is 11.5. The van der Waals surface area contributed by atoms with Gasteiger partial charge in [-0.2, -0.15) is 5.26 Å². The second kappa shape index (κ2) is 6.45. The van der Waals surface area contributed by atoms with Crippen LogP contribution in [-0.2, 0) is 16.0 Å². The molecule has 0 aliphatic carbocycles. The zero-order valence-corrected chi connectivity index (χ0v) is 10.5. The molecule has 1 aromatic rings. The predicted octanol–water partition coefficient (Wildman–Crippen LogP) is 2.23. The number of carbonyl (C=O) groups excluding carboxylic acids is 1. The lowest BCUT2D eigenvalue weighted by Crippen LogP contribution is -2.10. The Bertz CT molecular complexity index is 500. The molecule has 1 rings (SSSR count). The van der Waals surface area contributed by atoms with Gasteiger partial charge in [0.15, 0.2) is 0 Å². The molecule has 0 aliphatic rings. The molecule has 0 aromatic heterocycles. The van der Waals surface area contributed by atoms with E-state index < -0.39 is 5.97 Å². The number of carbonyl (C=O) groups is 1. The van der Waals surface area contributed by atoms with E-state index in [2.05, 4.69) is 12.6 Å². The molecule has 0 fully saturated rings. The summed E-state index contributed by atoms with van der Waals surface area (Å²) in [7, 11) is 1.52. The van der Waals surface area contributed by atoms with Gasteiger partial charge in [0.05, 0.1) is 25.3 Å². The molecule has 18 heavy (non-hydrogen) atoms. The summed E-state index contributed by atoms with van der Waals surface area (Å²) < 4.78 is 10.0. The summed E-state index contributed by atoms with van der Waals surface area (Å²) in [6.45, 7) is 5.71. The van der Waals surface area contributed by atoms with Gasteiger partial charge in [-0.25, -0.2) is 4.79 Å². The third-order valence-electron chi connectivity index (χ3n) is 2.43. The smallest absolute Gasteiger partial charge is 0.333 e. The van der Waals surface area contributed by atoms with E-state index in [9.17, 15) is 4.79 Å². The summed E-state index contributed by atoms with van der Waals surface area (Å²) in [4.78, 5) is 11.5. The SMILES string of the molecule is C=C(Cc1c(C#N)cccc1OC)C(=O)OCC. The molecular weight excluding hydrogens is 230 g/mol. The van der Waals surface area contributed by atoms with Gasteiger partial charge in [0.2, 0.25) is 0 Å². The van der Waals surface area contributed by atoms with E-state index in [1.54, 1.807) is 25.1 Å². The number of nitrogens with zero attached hydrogens (tertiary/aromatic N) is 1. The van der Waals surface area contributed by atoms with Crippen molar-refractivity contribution in [1.82, 2.24) is 0 Å². The van der Waals surface area contributed by atoms with Crippen molar-refractivity contribution >= 4 is 5.97 Å². The van der Waals surface area contributed by atoms with Gasteiger partial charge in [-0.3, -0.25) is 0 Å². The van der Waals surface area contributed by atoms with Crippen LogP contribution in [-0.4, -0.2) is 19.7 Å². The lowest BCUT2D eigenvalue weighted by molar-refractivity contribution is -0.138. The first-order chi connectivity index (χ1) is 8.63. The van der Waals surface area contributed by atoms with Gasteiger partial charge in [-0.05, 0) is 19.1 Å². The van der Waals surface area contributed by atoms with Crippen molar-refractivity contribution < 1.29 is 14.3 Å². The van der Waals surface area contributed by atoms with Crippen LogP contribution in [0.3, 0.4) is 0 Å². The summed E-state index contributed by atoms with van der Waals surface area (Å²) in [5.74, 6) is 0.117. The average molecular weight is 245 g/mol. The molecular formula is C14H15NO3. The lowest BCUT2D eigenvalue weighted by Gasteiger charge is -2.11. The molecule has 4 heteroatoms. The van der Waals surface area contributed by atoms with Gasteiger partial charge in [0, 0.05) is 17.6 Å². The van der Waals surface area contributed by atoms with Gasteiger partial charge in [-0.15, -0.1) is 0 Å². The van der Waals surface area contributed by atoms with Gasteiger partial charge in [0.25, 0.3) is 0 Å². The molecule has 0 spiro atoms. The van der Waals surface area contributed by atoms with Gasteiger partial charge in [0.1, 0.15) is 5.75 Å². The van der Waals surface area contributed by atoms with Gasteiger partial charge < -0.3 is 9.47 Å². The number of nitriles is 1. The van der Waals surface area contributed by atoms with Crippen molar-refractivity contribution in [3.05, 3.63) is 41.5 Å². The monoisotopic (exact) mass is 245 g/mol. The number of hydrogen-bond donors (Lipinski definition) is 0. The summed E-state index contributed by atoms with van der Waals surface area (Å²) >= 11 is 0. The second-order valence-electron chi connectivity index (χ2n) is 3.60. The van der Waals surface area contributed by atoms with E-state index in [4.69, 9.17) is 14.7 Å². The highest BCUT2D eigenvalue weighted by Gasteiger charge is 2.15. The van der Waals surface area contributed by atoms with Crippen molar-refractivity contribution in [2.45, 2.75) is 13.3 Å². The van der Waals surface area contributed by atoms with Crippen LogP contribution in [0.4, 0.5) is 0 Å². The van der Waals surface area contributed by atoms with E-state index in [-0.39, 0.29) is 6.42 Å². The fourth-order valence-corrected chi connectivity index (χ4v) is 1.56. The lowest BCUT2D eigenvalue weighted by atomic mass is 10.00. The highest BCUT2D eigenvalue weighted by atomic mass is 16.5. The minimum absolute atomic E-state index is 0.242. The van der Waals surface area contributed by atoms with E-state index >= 15 is 0 Å². The minimum atomic E-state index is -0.452. The fourth-order valence-electron chi connectivity index (χ4n) is 1.56. The molecule has 0 saturated heterocycles. The van der Waals surface area contributed by atoms with Crippen LogP contribution in [0.25, 0.3) is 0 Å². The Hall–Kier alpha value is -2.28. The Morgan fingerprint density at radius 1 is 1.50 bits per heavy atom. The van der Waals surface area contributed by atoms with Crippen LogP contribution in [0, 0.1) is 11.3 Å². The largest absolute Gasteiger partial charge is 0.496 e. The molecule has 94 valence electrons. The molecule has 0 bridgehead atoms. The predicted molar refractivity (Wildman–Crippen MR) is 67.2 cm³/mol. The van der Waals surface area contributed by atoms with E-state index in [1.807, 2.05) is 0 Å². The number of methoxy groups -OCH3 is 1. The third kappa shape index (κ3) is 3.11. The molecule has 0 aliphatic heterocycles. The molecule has 0 N–H and O–H groups in total. The van der Waals surface area contributed by atoms with E-state index in [0.717, 1.165) is 0 Å². The second-order valence-corrected chi connectivity index (χ2v) is 3.60. The number of esters is 1. The Labute approximate surface area is 106 Å². The maximum Gasteiger partial charge on any atom is 0.333 e. The number of hydrogen-bond acceptors (Lipinski definition) is 4. The minimum Gasteiger partial charge on any atom is -0.496 e. The van der Waals surface area contributed by atoms with Crippen molar-refractivity contribution in [2.24, 2.45) is 0 Å². The Morgan fingerprint density at radius 2 is 2.22 bits per heavy atom.